The summed E-state index contributed by atoms with van der Waals surface area (Å²) in [5, 5.41) is 5.49. The second-order valence-electron chi connectivity index (χ2n) is 3.92. The summed E-state index contributed by atoms with van der Waals surface area (Å²) in [7, 11) is 0. The lowest BCUT2D eigenvalue weighted by molar-refractivity contribution is 0.252. The average molecular weight is 251 g/mol. The second kappa shape index (κ2) is 7.55. The number of benzene rings is 1. The van der Waals surface area contributed by atoms with Gasteiger partial charge in [-0.15, -0.1) is 0 Å². The number of nitrogens with two attached hydrogens (primary N) is 1. The monoisotopic (exact) mass is 251 g/mol. The highest BCUT2D eigenvalue weighted by molar-refractivity contribution is 5.91. The molecule has 0 atom stereocenters. The Bertz CT molecular complexity index is 394. The lowest BCUT2D eigenvalue weighted by Crippen LogP contribution is -2.28. The maximum Gasteiger partial charge on any atom is 0.319 e. The van der Waals surface area contributed by atoms with Gasteiger partial charge in [-0.25, -0.2) is 4.79 Å². The maximum atomic E-state index is 11.5. The summed E-state index contributed by atoms with van der Waals surface area (Å²) in [6.45, 7) is 5.52. The molecule has 0 saturated heterocycles. The molecule has 1 aromatic rings. The number of carbonyl (C=O) groups is 1. The fourth-order valence-electron chi connectivity index (χ4n) is 1.51. The Morgan fingerprint density at radius 2 is 2.22 bits per heavy atom. The predicted molar refractivity (Wildman–Crippen MR) is 73.0 cm³/mol. The van der Waals surface area contributed by atoms with Gasteiger partial charge in [0.15, 0.2) is 0 Å². The molecule has 0 aliphatic carbocycles. The zero-order chi connectivity index (χ0) is 13.4. The van der Waals surface area contributed by atoms with Crippen LogP contribution in [-0.2, 0) is 0 Å². The van der Waals surface area contributed by atoms with Gasteiger partial charge in [-0.05, 0) is 38.4 Å². The summed E-state index contributed by atoms with van der Waals surface area (Å²) in [5.41, 5.74) is 7.09. The molecule has 1 rings (SSSR count). The Hall–Kier alpha value is -1.75. The predicted octanol–water partition coefficient (Wildman–Crippen LogP) is 1.86. The van der Waals surface area contributed by atoms with Gasteiger partial charge in [-0.3, -0.25) is 0 Å². The van der Waals surface area contributed by atoms with Crippen molar-refractivity contribution in [3.63, 3.8) is 0 Å². The molecular formula is C13H21N3O2. The molecule has 18 heavy (non-hydrogen) atoms. The first kappa shape index (κ1) is 14.3. The number of aryl methyl sites for hydroxylation is 1. The van der Waals surface area contributed by atoms with Crippen molar-refractivity contribution in [1.82, 2.24) is 5.32 Å². The Balaban J connectivity index is 2.76. The molecule has 5 nitrogen and oxygen atoms in total. The van der Waals surface area contributed by atoms with Crippen LogP contribution in [0.3, 0.4) is 0 Å². The minimum Gasteiger partial charge on any atom is -0.491 e. The second-order valence-corrected chi connectivity index (χ2v) is 3.92. The molecule has 0 aliphatic heterocycles. The Morgan fingerprint density at radius 1 is 1.44 bits per heavy atom. The molecule has 1 aromatic carbocycles. The summed E-state index contributed by atoms with van der Waals surface area (Å²) < 4.78 is 5.61. The minimum absolute atomic E-state index is 0.226. The number of urea groups is 1. The molecule has 100 valence electrons. The third-order valence-electron chi connectivity index (χ3n) is 2.42. The van der Waals surface area contributed by atoms with Crippen molar-refractivity contribution >= 4 is 11.7 Å². The molecule has 0 unspecified atom stereocenters. The first-order chi connectivity index (χ1) is 8.69. The number of anilines is 1. The molecule has 0 spiro atoms. The van der Waals surface area contributed by atoms with Crippen LogP contribution in [-0.4, -0.2) is 25.7 Å². The van der Waals surface area contributed by atoms with Gasteiger partial charge in [0.05, 0.1) is 12.3 Å². The number of hydrogen-bond donors (Lipinski definition) is 3. The smallest absolute Gasteiger partial charge is 0.319 e. The number of carbonyl (C=O) groups excluding carboxylic acids is 1. The van der Waals surface area contributed by atoms with Crippen molar-refractivity contribution in [2.75, 3.05) is 25.0 Å². The van der Waals surface area contributed by atoms with Crippen LogP contribution in [0.4, 0.5) is 10.5 Å². The van der Waals surface area contributed by atoms with Crippen molar-refractivity contribution in [3.8, 4) is 5.75 Å². The highest BCUT2D eigenvalue weighted by Crippen LogP contribution is 2.28. The van der Waals surface area contributed by atoms with Crippen molar-refractivity contribution in [3.05, 3.63) is 23.8 Å². The van der Waals surface area contributed by atoms with E-state index in [1.54, 1.807) is 0 Å². The number of para-hydroxylation sites is 1. The number of amides is 2. The zero-order valence-corrected chi connectivity index (χ0v) is 11.0. The molecule has 0 saturated carbocycles. The molecule has 0 aliphatic rings. The molecule has 4 N–H and O–H groups in total. The summed E-state index contributed by atoms with van der Waals surface area (Å²) in [5.74, 6) is 0.676. The van der Waals surface area contributed by atoms with Crippen LogP contribution in [0.2, 0.25) is 0 Å². The van der Waals surface area contributed by atoms with Gasteiger partial charge in [-0.1, -0.05) is 12.1 Å². The van der Waals surface area contributed by atoms with Crippen LogP contribution in [0.15, 0.2) is 18.2 Å². The van der Waals surface area contributed by atoms with Crippen molar-refractivity contribution < 1.29 is 9.53 Å². The minimum atomic E-state index is -0.226. The van der Waals surface area contributed by atoms with Crippen LogP contribution >= 0.6 is 0 Å². The molecule has 0 fully saturated rings. The van der Waals surface area contributed by atoms with E-state index in [4.69, 9.17) is 10.5 Å². The summed E-state index contributed by atoms with van der Waals surface area (Å²) in [4.78, 5) is 11.5. The fraction of sp³-hybridized carbons (Fsp3) is 0.462. The summed E-state index contributed by atoms with van der Waals surface area (Å²) in [6, 6.07) is 5.44. The van der Waals surface area contributed by atoms with Gasteiger partial charge in [-0.2, -0.15) is 0 Å². The Morgan fingerprint density at radius 3 is 2.89 bits per heavy atom. The van der Waals surface area contributed by atoms with Gasteiger partial charge in [0.1, 0.15) is 5.75 Å². The van der Waals surface area contributed by atoms with E-state index in [0.717, 1.165) is 12.0 Å². The first-order valence-electron chi connectivity index (χ1n) is 6.16. The lowest BCUT2D eigenvalue weighted by atomic mass is 10.2. The largest absolute Gasteiger partial charge is 0.491 e. The average Bonchev–Trinajstić information content (AvgIpc) is 2.34. The normalized spacial score (nSPS) is 9.94. The number of ether oxygens (including phenoxy) is 1. The lowest BCUT2D eigenvalue weighted by Gasteiger charge is -2.14. The van der Waals surface area contributed by atoms with Crippen LogP contribution in [0.1, 0.15) is 18.9 Å². The van der Waals surface area contributed by atoms with E-state index >= 15 is 0 Å². The fourth-order valence-corrected chi connectivity index (χ4v) is 1.51. The first-order valence-corrected chi connectivity index (χ1v) is 6.16. The van der Waals surface area contributed by atoms with Crippen LogP contribution < -0.4 is 21.1 Å². The Labute approximate surface area is 108 Å². The molecular weight excluding hydrogens is 230 g/mol. The van der Waals surface area contributed by atoms with E-state index in [1.807, 2.05) is 32.0 Å². The van der Waals surface area contributed by atoms with Gasteiger partial charge in [0.2, 0.25) is 0 Å². The van der Waals surface area contributed by atoms with Gasteiger partial charge >= 0.3 is 6.03 Å². The third-order valence-corrected chi connectivity index (χ3v) is 2.42. The quantitative estimate of drug-likeness (QED) is 0.675. The van der Waals surface area contributed by atoms with Gasteiger partial charge < -0.3 is 21.1 Å². The van der Waals surface area contributed by atoms with E-state index in [-0.39, 0.29) is 6.03 Å². The zero-order valence-electron chi connectivity index (χ0n) is 11.0. The molecule has 0 heterocycles. The van der Waals surface area contributed by atoms with E-state index in [2.05, 4.69) is 10.6 Å². The van der Waals surface area contributed by atoms with E-state index < -0.39 is 0 Å². The summed E-state index contributed by atoms with van der Waals surface area (Å²) in [6.07, 6.45) is 0.786. The van der Waals surface area contributed by atoms with Crippen LogP contribution in [0, 0.1) is 6.92 Å². The SMILES string of the molecule is CCNC(=O)Nc1c(C)cccc1OCCCN. The molecule has 0 aromatic heterocycles. The molecule has 0 radical (unpaired) electrons. The Kier molecular flexibility index (Phi) is 6.00. The summed E-state index contributed by atoms with van der Waals surface area (Å²) >= 11 is 0. The van der Waals surface area contributed by atoms with Crippen molar-refractivity contribution in [2.45, 2.75) is 20.3 Å². The highest BCUT2D eigenvalue weighted by atomic mass is 16.5. The topological polar surface area (TPSA) is 76.4 Å². The van der Waals surface area contributed by atoms with E-state index in [0.29, 0.717) is 31.1 Å². The van der Waals surface area contributed by atoms with Crippen molar-refractivity contribution in [1.29, 1.82) is 0 Å². The number of hydrogen-bond acceptors (Lipinski definition) is 3. The molecule has 5 heteroatoms. The third kappa shape index (κ3) is 4.25. The molecule has 2 amide bonds. The number of rotatable bonds is 6. The van der Waals surface area contributed by atoms with Crippen LogP contribution in [0.25, 0.3) is 0 Å². The maximum absolute atomic E-state index is 11.5. The van der Waals surface area contributed by atoms with Crippen LogP contribution in [0.5, 0.6) is 5.75 Å². The highest BCUT2D eigenvalue weighted by Gasteiger charge is 2.09. The van der Waals surface area contributed by atoms with Gasteiger partial charge in [0.25, 0.3) is 0 Å². The molecule has 0 bridgehead atoms. The van der Waals surface area contributed by atoms with E-state index in [9.17, 15) is 4.79 Å². The van der Waals surface area contributed by atoms with Crippen molar-refractivity contribution in [2.24, 2.45) is 5.73 Å². The van der Waals surface area contributed by atoms with Gasteiger partial charge in [0, 0.05) is 6.54 Å². The van der Waals surface area contributed by atoms with E-state index in [1.165, 1.54) is 0 Å². The number of nitrogens with one attached hydrogen (secondary N) is 2. The standard InChI is InChI=1S/C13H21N3O2/c1-3-15-13(17)16-12-10(2)6-4-7-11(12)18-9-5-8-14/h4,6-7H,3,5,8-9,14H2,1-2H3,(H2,15,16,17).